The van der Waals surface area contributed by atoms with Crippen LogP contribution in [0.5, 0.6) is 0 Å². The minimum Gasteiger partial charge on any atom is -0.290 e. The number of hydrogen-bond acceptors (Lipinski definition) is 4. The highest BCUT2D eigenvalue weighted by Gasteiger charge is 2.19. The molecule has 0 aliphatic heterocycles. The maximum atomic E-state index is 11.3. The first-order chi connectivity index (χ1) is 9.31. The summed E-state index contributed by atoms with van der Waals surface area (Å²) in [4.78, 5) is 43.0. The van der Waals surface area contributed by atoms with Gasteiger partial charge in [-0.2, -0.15) is 0 Å². The normalized spacial score (nSPS) is 17.8. The number of ketones is 4. The van der Waals surface area contributed by atoms with Crippen molar-refractivity contribution in [3.63, 3.8) is 0 Å². The summed E-state index contributed by atoms with van der Waals surface area (Å²) in [6.45, 7) is 5.48. The molecule has 0 spiro atoms. The van der Waals surface area contributed by atoms with Crippen LogP contribution in [-0.2, 0) is 19.2 Å². The van der Waals surface area contributed by atoms with Crippen molar-refractivity contribution >= 4 is 23.1 Å². The highest BCUT2D eigenvalue weighted by molar-refractivity contribution is 6.19. The summed E-state index contributed by atoms with van der Waals surface area (Å²) in [5.41, 5.74) is 1.15. The average molecular weight is 272 g/mol. The maximum absolute atomic E-state index is 11.3. The van der Waals surface area contributed by atoms with E-state index in [0.29, 0.717) is 11.1 Å². The number of hydrogen-bond donors (Lipinski definition) is 0. The van der Waals surface area contributed by atoms with Crippen molar-refractivity contribution in [2.24, 2.45) is 5.92 Å². The van der Waals surface area contributed by atoms with E-state index >= 15 is 0 Å². The van der Waals surface area contributed by atoms with Crippen molar-refractivity contribution in [1.82, 2.24) is 0 Å². The lowest BCUT2D eigenvalue weighted by Gasteiger charge is -2.11. The molecule has 0 heterocycles. The van der Waals surface area contributed by atoms with Crippen LogP contribution >= 0.6 is 0 Å². The molecule has 0 atom stereocenters. The second-order valence-corrected chi connectivity index (χ2v) is 4.78. The van der Waals surface area contributed by atoms with E-state index in [-0.39, 0.29) is 29.1 Å². The Morgan fingerprint density at radius 2 is 1.20 bits per heavy atom. The zero-order valence-corrected chi connectivity index (χ0v) is 11.7. The van der Waals surface area contributed by atoms with E-state index in [4.69, 9.17) is 0 Å². The molecule has 2 rings (SSSR count). The third kappa shape index (κ3) is 4.39. The van der Waals surface area contributed by atoms with Crippen molar-refractivity contribution in [2.45, 2.75) is 20.8 Å². The van der Waals surface area contributed by atoms with Gasteiger partial charge in [0.1, 0.15) is 0 Å². The summed E-state index contributed by atoms with van der Waals surface area (Å²) in [5.74, 6) is -0.180. The number of rotatable bonds is 1. The molecule has 0 aromatic carbocycles. The van der Waals surface area contributed by atoms with Gasteiger partial charge in [-0.05, 0) is 49.3 Å². The monoisotopic (exact) mass is 272 g/mol. The summed E-state index contributed by atoms with van der Waals surface area (Å²) in [7, 11) is 0. The Kier molecular flexibility index (Phi) is 5.26. The average Bonchev–Trinajstić information content (AvgIpc) is 2.38. The van der Waals surface area contributed by atoms with E-state index in [2.05, 4.69) is 0 Å². The standard InChI is InChI=1S/C10H12O2.C6H4O2/c1-6(2)8-5-9(11)7(3)4-10(8)12;7-5-1-2-6(8)4-3-5/h4-6H,1-3H3;1-4H. The third-order valence-corrected chi connectivity index (χ3v) is 2.75. The minimum atomic E-state index is -0.121. The lowest BCUT2D eigenvalue weighted by molar-refractivity contribution is -0.115. The summed E-state index contributed by atoms with van der Waals surface area (Å²) in [6.07, 6.45) is 7.87. The topological polar surface area (TPSA) is 68.3 Å². The second-order valence-electron chi connectivity index (χ2n) is 4.78. The van der Waals surface area contributed by atoms with E-state index < -0.39 is 0 Å². The Labute approximate surface area is 117 Å². The van der Waals surface area contributed by atoms with Gasteiger partial charge in [0, 0.05) is 11.1 Å². The Balaban J connectivity index is 0.000000217. The van der Waals surface area contributed by atoms with Crippen LogP contribution in [0, 0.1) is 5.92 Å². The quantitative estimate of drug-likeness (QED) is 0.684. The smallest absolute Gasteiger partial charge is 0.182 e. The van der Waals surface area contributed by atoms with Gasteiger partial charge in [-0.15, -0.1) is 0 Å². The fraction of sp³-hybridized carbons (Fsp3) is 0.250. The fourth-order valence-electron chi connectivity index (χ4n) is 1.57. The molecule has 0 radical (unpaired) electrons. The van der Waals surface area contributed by atoms with E-state index in [1.807, 2.05) is 13.8 Å². The van der Waals surface area contributed by atoms with Crippen molar-refractivity contribution in [3.8, 4) is 0 Å². The van der Waals surface area contributed by atoms with E-state index in [1.165, 1.54) is 36.5 Å². The predicted octanol–water partition coefficient (Wildman–Crippen LogP) is 1.92. The molecular formula is C16H16O4. The molecule has 0 aromatic heterocycles. The van der Waals surface area contributed by atoms with Gasteiger partial charge in [0.25, 0.3) is 0 Å². The van der Waals surface area contributed by atoms with Crippen LogP contribution in [0.4, 0.5) is 0 Å². The Morgan fingerprint density at radius 3 is 1.60 bits per heavy atom. The molecule has 0 saturated heterocycles. The molecule has 104 valence electrons. The predicted molar refractivity (Wildman–Crippen MR) is 75.0 cm³/mol. The molecule has 4 nitrogen and oxygen atoms in total. The molecule has 2 aliphatic rings. The molecular weight excluding hydrogens is 256 g/mol. The van der Waals surface area contributed by atoms with Crippen LogP contribution < -0.4 is 0 Å². The molecule has 20 heavy (non-hydrogen) atoms. The number of carbonyl (C=O) groups excluding carboxylic acids is 4. The molecule has 0 saturated carbocycles. The van der Waals surface area contributed by atoms with Gasteiger partial charge in [0.05, 0.1) is 0 Å². The van der Waals surface area contributed by atoms with Crippen LogP contribution in [-0.4, -0.2) is 23.1 Å². The van der Waals surface area contributed by atoms with Crippen molar-refractivity contribution < 1.29 is 19.2 Å². The fourth-order valence-corrected chi connectivity index (χ4v) is 1.57. The molecule has 0 amide bonds. The molecule has 0 bridgehead atoms. The highest BCUT2D eigenvalue weighted by Crippen LogP contribution is 2.17. The van der Waals surface area contributed by atoms with Gasteiger partial charge in [-0.1, -0.05) is 13.8 Å². The molecule has 4 heteroatoms. The van der Waals surface area contributed by atoms with E-state index in [1.54, 1.807) is 6.92 Å². The number of allylic oxidation sites excluding steroid dienone is 8. The second kappa shape index (κ2) is 6.70. The Bertz CT molecular complexity index is 546. The first-order valence-electron chi connectivity index (χ1n) is 6.24. The van der Waals surface area contributed by atoms with Gasteiger partial charge >= 0.3 is 0 Å². The lowest BCUT2D eigenvalue weighted by Crippen LogP contribution is -2.15. The summed E-state index contributed by atoms with van der Waals surface area (Å²) >= 11 is 0. The molecule has 0 aromatic rings. The Morgan fingerprint density at radius 1 is 0.750 bits per heavy atom. The van der Waals surface area contributed by atoms with Crippen LogP contribution in [0.15, 0.2) is 47.6 Å². The van der Waals surface area contributed by atoms with Crippen LogP contribution in [0.25, 0.3) is 0 Å². The van der Waals surface area contributed by atoms with Crippen LogP contribution in [0.1, 0.15) is 20.8 Å². The number of carbonyl (C=O) groups is 4. The zero-order chi connectivity index (χ0) is 15.3. The van der Waals surface area contributed by atoms with Gasteiger partial charge in [-0.25, -0.2) is 0 Å². The van der Waals surface area contributed by atoms with Gasteiger partial charge in [-0.3, -0.25) is 19.2 Å². The van der Waals surface area contributed by atoms with Gasteiger partial charge in [0.2, 0.25) is 0 Å². The van der Waals surface area contributed by atoms with Crippen LogP contribution in [0.2, 0.25) is 0 Å². The summed E-state index contributed by atoms with van der Waals surface area (Å²) in [6, 6.07) is 0. The van der Waals surface area contributed by atoms with Crippen LogP contribution in [0.3, 0.4) is 0 Å². The SMILES string of the molecule is CC1=CC(=O)C(C(C)C)=CC1=O.O=C1C=CC(=O)C=C1. The highest BCUT2D eigenvalue weighted by atomic mass is 16.1. The first kappa shape index (κ1) is 15.7. The molecule has 0 N–H and O–H groups in total. The van der Waals surface area contributed by atoms with E-state index in [9.17, 15) is 19.2 Å². The van der Waals surface area contributed by atoms with Crippen molar-refractivity contribution in [3.05, 3.63) is 47.6 Å². The van der Waals surface area contributed by atoms with Crippen molar-refractivity contribution in [1.29, 1.82) is 0 Å². The lowest BCUT2D eigenvalue weighted by atomic mass is 9.91. The van der Waals surface area contributed by atoms with E-state index in [0.717, 1.165) is 0 Å². The molecule has 2 aliphatic carbocycles. The minimum absolute atomic E-state index is 0.0258. The van der Waals surface area contributed by atoms with Crippen molar-refractivity contribution in [2.75, 3.05) is 0 Å². The largest absolute Gasteiger partial charge is 0.290 e. The summed E-state index contributed by atoms with van der Waals surface area (Å²) in [5, 5.41) is 0. The first-order valence-corrected chi connectivity index (χ1v) is 6.24. The molecule has 0 fully saturated rings. The zero-order valence-electron chi connectivity index (χ0n) is 11.7. The van der Waals surface area contributed by atoms with Gasteiger partial charge in [0.15, 0.2) is 23.1 Å². The molecule has 0 unspecified atom stereocenters. The summed E-state index contributed by atoms with van der Waals surface area (Å²) < 4.78 is 0. The maximum Gasteiger partial charge on any atom is 0.182 e. The Hall–Kier alpha value is -2.36. The van der Waals surface area contributed by atoms with Gasteiger partial charge < -0.3 is 0 Å². The third-order valence-electron chi connectivity index (χ3n) is 2.75.